The van der Waals surface area contributed by atoms with Crippen LogP contribution in [0.25, 0.3) is 17.2 Å². The summed E-state index contributed by atoms with van der Waals surface area (Å²) in [6, 6.07) is 13.7. The Kier molecular flexibility index (Phi) is 3.90. The highest BCUT2D eigenvalue weighted by Crippen LogP contribution is 2.29. The second-order valence-corrected chi connectivity index (χ2v) is 6.98. The number of pyridine rings is 1. The van der Waals surface area contributed by atoms with Crippen LogP contribution in [0.15, 0.2) is 61.1 Å². The van der Waals surface area contributed by atoms with Crippen LogP contribution in [0.3, 0.4) is 0 Å². The van der Waals surface area contributed by atoms with E-state index in [0.29, 0.717) is 22.9 Å². The van der Waals surface area contributed by atoms with Crippen LogP contribution in [-0.2, 0) is 12.8 Å². The van der Waals surface area contributed by atoms with Crippen molar-refractivity contribution in [3.63, 3.8) is 0 Å². The molecule has 0 unspecified atom stereocenters. The lowest BCUT2D eigenvalue weighted by molar-refractivity contribution is 0.0988. The molecular weight excluding hydrogens is 350 g/mol. The molecule has 5 rings (SSSR count). The van der Waals surface area contributed by atoms with E-state index >= 15 is 0 Å². The molecule has 6 nitrogen and oxygen atoms in total. The van der Waals surface area contributed by atoms with Crippen molar-refractivity contribution >= 4 is 17.4 Å². The van der Waals surface area contributed by atoms with Crippen LogP contribution in [-0.4, -0.2) is 32.3 Å². The molecule has 138 valence electrons. The van der Waals surface area contributed by atoms with Crippen LogP contribution in [0, 0.1) is 0 Å². The quantitative estimate of drug-likeness (QED) is 0.554. The Bertz CT molecular complexity index is 1180. The summed E-state index contributed by atoms with van der Waals surface area (Å²) in [7, 11) is 1.80. The minimum atomic E-state index is -0.140. The van der Waals surface area contributed by atoms with E-state index in [4.69, 9.17) is 0 Å². The fraction of sp³-hybridized carbons (Fsp3) is 0.182. The van der Waals surface area contributed by atoms with Gasteiger partial charge >= 0.3 is 0 Å². The summed E-state index contributed by atoms with van der Waals surface area (Å²) in [5, 5.41) is 0. The molecule has 0 N–H and O–H groups in total. The molecule has 4 aromatic rings. The normalized spacial score (nSPS) is 12.9. The third-order valence-electron chi connectivity index (χ3n) is 5.29. The van der Waals surface area contributed by atoms with Crippen LogP contribution in [0.2, 0.25) is 0 Å². The minimum Gasteiger partial charge on any atom is -0.310 e. The molecule has 1 amide bonds. The number of aryl methyl sites for hydroxylation is 2. The first kappa shape index (κ1) is 16.6. The lowest BCUT2D eigenvalue weighted by Gasteiger charge is -2.19. The molecule has 0 fully saturated rings. The Morgan fingerprint density at radius 2 is 1.89 bits per heavy atom. The molecule has 1 aromatic carbocycles. The number of fused-ring (bicyclic) bond motifs is 2. The molecule has 3 aromatic heterocycles. The van der Waals surface area contributed by atoms with Crippen molar-refractivity contribution in [2.24, 2.45) is 0 Å². The van der Waals surface area contributed by atoms with Crippen LogP contribution < -0.4 is 4.90 Å². The zero-order chi connectivity index (χ0) is 19.1. The van der Waals surface area contributed by atoms with E-state index in [9.17, 15) is 4.79 Å². The molecule has 6 heteroatoms. The molecule has 1 aliphatic carbocycles. The van der Waals surface area contributed by atoms with Gasteiger partial charge in [-0.15, -0.1) is 0 Å². The van der Waals surface area contributed by atoms with Crippen molar-refractivity contribution in [1.82, 2.24) is 19.4 Å². The lowest BCUT2D eigenvalue weighted by atomic mass is 10.1. The highest BCUT2D eigenvalue weighted by Gasteiger charge is 2.26. The Balaban J connectivity index is 1.63. The number of carbonyl (C=O) groups is 1. The maximum atomic E-state index is 13.5. The summed E-state index contributed by atoms with van der Waals surface area (Å²) in [6.07, 6.45) is 8.55. The second kappa shape index (κ2) is 6.56. The summed E-state index contributed by atoms with van der Waals surface area (Å²) in [6.45, 7) is 0. The first-order valence-electron chi connectivity index (χ1n) is 9.37. The molecule has 0 spiro atoms. The van der Waals surface area contributed by atoms with Crippen LogP contribution in [0.5, 0.6) is 0 Å². The molecule has 28 heavy (non-hydrogen) atoms. The minimum absolute atomic E-state index is 0.140. The monoisotopic (exact) mass is 369 g/mol. The van der Waals surface area contributed by atoms with Gasteiger partial charge in [-0.1, -0.05) is 12.1 Å². The van der Waals surface area contributed by atoms with Crippen molar-refractivity contribution in [3.05, 3.63) is 77.9 Å². The van der Waals surface area contributed by atoms with Gasteiger partial charge in [-0.25, -0.2) is 9.97 Å². The predicted molar refractivity (Wildman–Crippen MR) is 107 cm³/mol. The van der Waals surface area contributed by atoms with E-state index in [-0.39, 0.29) is 5.91 Å². The molecule has 0 radical (unpaired) electrons. The van der Waals surface area contributed by atoms with Crippen molar-refractivity contribution in [1.29, 1.82) is 0 Å². The van der Waals surface area contributed by atoms with E-state index in [1.807, 2.05) is 30.5 Å². The third kappa shape index (κ3) is 2.65. The topological polar surface area (TPSA) is 63.4 Å². The van der Waals surface area contributed by atoms with Gasteiger partial charge in [-0.05, 0) is 60.7 Å². The summed E-state index contributed by atoms with van der Waals surface area (Å²) in [5.74, 6) is 0.341. The van der Waals surface area contributed by atoms with Crippen molar-refractivity contribution in [2.45, 2.75) is 19.3 Å². The third-order valence-corrected chi connectivity index (χ3v) is 5.29. The number of carbonyl (C=O) groups excluding carboxylic acids is 1. The summed E-state index contributed by atoms with van der Waals surface area (Å²) < 4.78 is 1.73. The molecule has 0 atom stereocenters. The number of hydrogen-bond donors (Lipinski definition) is 0. The van der Waals surface area contributed by atoms with E-state index in [1.165, 1.54) is 17.5 Å². The van der Waals surface area contributed by atoms with E-state index in [0.717, 1.165) is 18.5 Å². The zero-order valence-corrected chi connectivity index (χ0v) is 15.5. The molecule has 0 aliphatic heterocycles. The van der Waals surface area contributed by atoms with E-state index < -0.39 is 0 Å². The Labute approximate surface area is 162 Å². The highest BCUT2D eigenvalue weighted by atomic mass is 16.2. The van der Waals surface area contributed by atoms with Crippen LogP contribution in [0.4, 0.5) is 5.69 Å². The number of anilines is 1. The van der Waals surface area contributed by atoms with Gasteiger partial charge in [0.2, 0.25) is 5.78 Å². The number of nitrogens with zero attached hydrogens (tertiary/aromatic N) is 5. The SMILES string of the molecule is CN(C(=O)c1c(-c2ccccn2)nc2ncccn12)c1ccc2c(c1)CCC2. The summed E-state index contributed by atoms with van der Waals surface area (Å²) >= 11 is 0. The first-order chi connectivity index (χ1) is 13.7. The molecule has 1 aliphatic rings. The number of rotatable bonds is 3. The van der Waals surface area contributed by atoms with Crippen LogP contribution in [0.1, 0.15) is 28.0 Å². The molecular formula is C22H19N5O. The maximum Gasteiger partial charge on any atom is 0.277 e. The number of amides is 1. The zero-order valence-electron chi connectivity index (χ0n) is 15.5. The van der Waals surface area contributed by atoms with Crippen molar-refractivity contribution in [3.8, 4) is 11.4 Å². The Morgan fingerprint density at radius 1 is 1.04 bits per heavy atom. The second-order valence-electron chi connectivity index (χ2n) is 6.98. The molecule has 3 heterocycles. The number of imidazole rings is 1. The van der Waals surface area contributed by atoms with E-state index in [1.54, 1.807) is 34.8 Å². The Hall–Kier alpha value is -3.54. The van der Waals surface area contributed by atoms with Crippen molar-refractivity contribution < 1.29 is 4.79 Å². The first-order valence-corrected chi connectivity index (χ1v) is 9.37. The van der Waals surface area contributed by atoms with Gasteiger partial charge in [-0.2, -0.15) is 0 Å². The van der Waals surface area contributed by atoms with Gasteiger partial charge in [0.05, 0.1) is 5.69 Å². The van der Waals surface area contributed by atoms with Gasteiger partial charge in [0, 0.05) is 31.3 Å². The number of hydrogen-bond acceptors (Lipinski definition) is 4. The molecule has 0 saturated heterocycles. The van der Waals surface area contributed by atoms with Gasteiger partial charge in [0.1, 0.15) is 11.4 Å². The fourth-order valence-corrected chi connectivity index (χ4v) is 3.82. The average Bonchev–Trinajstić information content (AvgIpc) is 3.37. The fourth-order valence-electron chi connectivity index (χ4n) is 3.82. The largest absolute Gasteiger partial charge is 0.310 e. The smallest absolute Gasteiger partial charge is 0.277 e. The van der Waals surface area contributed by atoms with Gasteiger partial charge in [-0.3, -0.25) is 14.2 Å². The summed E-state index contributed by atoms with van der Waals surface area (Å²) in [5.41, 5.74) is 5.26. The van der Waals surface area contributed by atoms with Gasteiger partial charge in [0.15, 0.2) is 0 Å². The van der Waals surface area contributed by atoms with Gasteiger partial charge in [0.25, 0.3) is 5.91 Å². The Morgan fingerprint density at radius 3 is 2.75 bits per heavy atom. The highest BCUT2D eigenvalue weighted by molar-refractivity contribution is 6.08. The summed E-state index contributed by atoms with van der Waals surface area (Å²) in [4.78, 5) is 28.5. The lowest BCUT2D eigenvalue weighted by Crippen LogP contribution is -2.28. The number of benzene rings is 1. The number of aromatic nitrogens is 4. The molecule has 0 saturated carbocycles. The average molecular weight is 369 g/mol. The standard InChI is InChI=1S/C22H19N5O/c1-26(17-10-9-15-6-4-7-16(15)14-17)21(28)20-19(18-8-2-3-11-23-18)25-22-24-12-5-13-27(20)22/h2-3,5,8-14H,4,6-7H2,1H3. The maximum absolute atomic E-state index is 13.5. The van der Waals surface area contributed by atoms with Crippen LogP contribution >= 0.6 is 0 Å². The predicted octanol–water partition coefficient (Wildman–Crippen LogP) is 3.56. The van der Waals surface area contributed by atoms with E-state index in [2.05, 4.69) is 27.1 Å². The van der Waals surface area contributed by atoms with Gasteiger partial charge < -0.3 is 4.90 Å². The van der Waals surface area contributed by atoms with Crippen molar-refractivity contribution in [2.75, 3.05) is 11.9 Å². The molecule has 0 bridgehead atoms.